The molecule has 1 aliphatic heterocycles. The Morgan fingerprint density at radius 1 is 1.50 bits per heavy atom. The maximum absolute atomic E-state index is 10.9. The predicted molar refractivity (Wildman–Crippen MR) is 60.1 cm³/mol. The van der Waals surface area contributed by atoms with E-state index in [0.29, 0.717) is 16.6 Å². The lowest BCUT2D eigenvalue weighted by molar-refractivity contribution is -0.385. The Kier molecular flexibility index (Phi) is 2.78. The number of hydrogen-bond acceptors (Lipinski definition) is 3. The van der Waals surface area contributed by atoms with Crippen LogP contribution in [0.2, 0.25) is 0 Å². The molecule has 84 valence electrons. The number of hydrogen-bond donors (Lipinski definition) is 2. The standard InChI is InChI=1S/C9H8BrN3O3/c10-6-2-1-5(3-8(6)13(15)16)7-4-11-9(14)12-7/h1-3,7H,4H2,(H2,11,12,14)/t7-/m1/s1. The van der Waals surface area contributed by atoms with Crippen molar-refractivity contribution in [3.8, 4) is 0 Å². The molecule has 1 fully saturated rings. The molecule has 2 amide bonds. The number of nitrogens with one attached hydrogen (secondary N) is 2. The fraction of sp³-hybridized carbons (Fsp3) is 0.222. The van der Waals surface area contributed by atoms with Crippen molar-refractivity contribution in [2.45, 2.75) is 6.04 Å². The van der Waals surface area contributed by atoms with Crippen molar-refractivity contribution < 1.29 is 9.72 Å². The molecule has 2 rings (SSSR count). The van der Waals surface area contributed by atoms with Gasteiger partial charge >= 0.3 is 6.03 Å². The smallest absolute Gasteiger partial charge is 0.315 e. The molecule has 0 spiro atoms. The first-order valence-corrected chi connectivity index (χ1v) is 5.35. The van der Waals surface area contributed by atoms with Gasteiger partial charge in [-0.15, -0.1) is 0 Å². The number of nitrogens with zero attached hydrogens (tertiary/aromatic N) is 1. The number of nitro benzene ring substituents is 1. The van der Waals surface area contributed by atoms with E-state index >= 15 is 0 Å². The lowest BCUT2D eigenvalue weighted by Crippen LogP contribution is -2.21. The van der Waals surface area contributed by atoms with Crippen molar-refractivity contribution in [1.29, 1.82) is 0 Å². The van der Waals surface area contributed by atoms with Gasteiger partial charge < -0.3 is 10.6 Å². The molecule has 1 aromatic rings. The van der Waals surface area contributed by atoms with Gasteiger partial charge in [0.2, 0.25) is 0 Å². The van der Waals surface area contributed by atoms with Gasteiger partial charge in [-0.05, 0) is 27.6 Å². The van der Waals surface area contributed by atoms with Crippen LogP contribution in [0.1, 0.15) is 11.6 Å². The summed E-state index contributed by atoms with van der Waals surface area (Å²) in [5, 5.41) is 16.0. The van der Waals surface area contributed by atoms with E-state index in [1.54, 1.807) is 12.1 Å². The van der Waals surface area contributed by atoms with Gasteiger partial charge in [0.05, 0.1) is 15.4 Å². The third kappa shape index (κ3) is 1.99. The monoisotopic (exact) mass is 285 g/mol. The zero-order chi connectivity index (χ0) is 11.7. The highest BCUT2D eigenvalue weighted by Crippen LogP contribution is 2.28. The molecule has 0 aliphatic carbocycles. The second-order valence-corrected chi connectivity index (χ2v) is 4.23. The number of rotatable bonds is 2. The Morgan fingerprint density at radius 3 is 2.81 bits per heavy atom. The first-order chi connectivity index (χ1) is 7.58. The van der Waals surface area contributed by atoms with Gasteiger partial charge in [0, 0.05) is 12.6 Å². The number of halogens is 1. The minimum atomic E-state index is -0.461. The highest BCUT2D eigenvalue weighted by atomic mass is 79.9. The molecule has 1 heterocycles. The third-order valence-electron chi connectivity index (χ3n) is 2.34. The minimum Gasteiger partial charge on any atom is -0.336 e. The van der Waals surface area contributed by atoms with Crippen molar-refractivity contribution in [3.05, 3.63) is 38.3 Å². The summed E-state index contributed by atoms with van der Waals surface area (Å²) in [4.78, 5) is 21.2. The molecule has 0 saturated carbocycles. The van der Waals surface area contributed by atoms with E-state index in [4.69, 9.17) is 0 Å². The zero-order valence-corrected chi connectivity index (χ0v) is 9.65. The van der Waals surface area contributed by atoms with Gasteiger partial charge in [0.25, 0.3) is 5.69 Å². The van der Waals surface area contributed by atoms with Gasteiger partial charge in [-0.2, -0.15) is 0 Å². The maximum atomic E-state index is 10.9. The average molecular weight is 286 g/mol. The lowest BCUT2D eigenvalue weighted by atomic mass is 10.1. The summed E-state index contributed by atoms with van der Waals surface area (Å²) in [7, 11) is 0. The third-order valence-corrected chi connectivity index (χ3v) is 3.01. The van der Waals surface area contributed by atoms with Gasteiger partial charge in [-0.3, -0.25) is 10.1 Å². The van der Waals surface area contributed by atoms with E-state index in [1.165, 1.54) is 6.07 Å². The fourth-order valence-corrected chi connectivity index (χ4v) is 1.93. The van der Waals surface area contributed by atoms with Crippen molar-refractivity contribution in [2.75, 3.05) is 6.54 Å². The molecular formula is C9H8BrN3O3. The van der Waals surface area contributed by atoms with Crippen LogP contribution in [0.4, 0.5) is 10.5 Å². The molecule has 6 nitrogen and oxygen atoms in total. The second-order valence-electron chi connectivity index (χ2n) is 3.37. The molecule has 2 N–H and O–H groups in total. The summed E-state index contributed by atoms with van der Waals surface area (Å²) < 4.78 is 0.429. The first kappa shape index (κ1) is 10.9. The van der Waals surface area contributed by atoms with Gasteiger partial charge in [-0.1, -0.05) is 6.07 Å². The molecule has 0 radical (unpaired) electrons. The Balaban J connectivity index is 2.32. The SMILES string of the molecule is O=C1NC[C@H](c2ccc(Br)c([N+](=O)[O-])c2)N1. The molecule has 16 heavy (non-hydrogen) atoms. The van der Waals surface area contributed by atoms with Gasteiger partial charge in [0.1, 0.15) is 0 Å². The van der Waals surface area contributed by atoms with Crippen molar-refractivity contribution in [1.82, 2.24) is 10.6 Å². The molecular weight excluding hydrogens is 278 g/mol. The maximum Gasteiger partial charge on any atom is 0.315 e. The number of carbonyl (C=O) groups is 1. The molecule has 0 aromatic heterocycles. The van der Waals surface area contributed by atoms with E-state index in [-0.39, 0.29) is 17.8 Å². The van der Waals surface area contributed by atoms with E-state index < -0.39 is 4.92 Å². The van der Waals surface area contributed by atoms with Crippen LogP contribution in [0.15, 0.2) is 22.7 Å². The minimum absolute atomic E-state index is 0.00125. The molecule has 0 bridgehead atoms. The van der Waals surface area contributed by atoms with Crippen LogP contribution >= 0.6 is 15.9 Å². The van der Waals surface area contributed by atoms with Crippen LogP contribution in [0.3, 0.4) is 0 Å². The number of benzene rings is 1. The van der Waals surface area contributed by atoms with Crippen LogP contribution in [-0.2, 0) is 0 Å². The van der Waals surface area contributed by atoms with E-state index in [1.807, 2.05) is 0 Å². The normalized spacial score (nSPS) is 19.1. The van der Waals surface area contributed by atoms with Gasteiger partial charge in [-0.25, -0.2) is 4.79 Å². The summed E-state index contributed by atoms with van der Waals surface area (Å²) in [6, 6.07) is 4.35. The molecule has 1 atom stereocenters. The van der Waals surface area contributed by atoms with Crippen LogP contribution in [-0.4, -0.2) is 17.5 Å². The van der Waals surface area contributed by atoms with Crippen molar-refractivity contribution in [2.24, 2.45) is 0 Å². The first-order valence-electron chi connectivity index (χ1n) is 4.56. The summed E-state index contributed by atoms with van der Waals surface area (Å²) >= 11 is 3.11. The quantitative estimate of drug-likeness (QED) is 0.641. The number of urea groups is 1. The Morgan fingerprint density at radius 2 is 2.25 bits per heavy atom. The van der Waals surface area contributed by atoms with Crippen LogP contribution in [0.5, 0.6) is 0 Å². The van der Waals surface area contributed by atoms with Crippen LogP contribution < -0.4 is 10.6 Å². The van der Waals surface area contributed by atoms with E-state index in [2.05, 4.69) is 26.6 Å². The second kappa shape index (κ2) is 4.09. The molecule has 1 saturated heterocycles. The summed E-state index contributed by atoms with van der Waals surface area (Å²) in [6.45, 7) is 0.442. The summed E-state index contributed by atoms with van der Waals surface area (Å²) in [5.41, 5.74) is 0.715. The van der Waals surface area contributed by atoms with E-state index in [0.717, 1.165) is 0 Å². The molecule has 7 heteroatoms. The lowest BCUT2D eigenvalue weighted by Gasteiger charge is -2.08. The summed E-state index contributed by atoms with van der Waals surface area (Å²) in [6.07, 6.45) is 0. The van der Waals surface area contributed by atoms with Crippen LogP contribution in [0.25, 0.3) is 0 Å². The molecule has 1 aliphatic rings. The average Bonchev–Trinajstić information content (AvgIpc) is 2.65. The predicted octanol–water partition coefficient (Wildman–Crippen LogP) is 1.71. The highest BCUT2D eigenvalue weighted by Gasteiger charge is 2.23. The highest BCUT2D eigenvalue weighted by molar-refractivity contribution is 9.10. The molecule has 0 unspecified atom stereocenters. The number of nitro groups is 1. The largest absolute Gasteiger partial charge is 0.336 e. The Bertz CT molecular complexity index is 463. The summed E-state index contributed by atoms with van der Waals surface area (Å²) in [5.74, 6) is 0. The van der Waals surface area contributed by atoms with Crippen LogP contribution in [0, 0.1) is 10.1 Å². The van der Waals surface area contributed by atoms with E-state index in [9.17, 15) is 14.9 Å². The molecule has 1 aromatic carbocycles. The Hall–Kier alpha value is -1.63. The van der Waals surface area contributed by atoms with Crippen molar-refractivity contribution >= 4 is 27.6 Å². The fourth-order valence-electron chi connectivity index (χ4n) is 1.54. The van der Waals surface area contributed by atoms with Gasteiger partial charge in [0.15, 0.2) is 0 Å². The number of amides is 2. The topological polar surface area (TPSA) is 84.3 Å². The Labute approximate surface area is 99.3 Å². The zero-order valence-electron chi connectivity index (χ0n) is 8.07. The van der Waals surface area contributed by atoms with Crippen molar-refractivity contribution in [3.63, 3.8) is 0 Å². The number of carbonyl (C=O) groups excluding carboxylic acids is 1.